The molecule has 1 saturated heterocycles. The van der Waals surface area contributed by atoms with Crippen LogP contribution >= 0.6 is 23.3 Å². The summed E-state index contributed by atoms with van der Waals surface area (Å²) in [5, 5.41) is 17.1. The monoisotopic (exact) mass is 558 g/mol. The van der Waals surface area contributed by atoms with Crippen molar-refractivity contribution >= 4 is 57.8 Å². The molecule has 3 heterocycles. The van der Waals surface area contributed by atoms with Gasteiger partial charge < -0.3 is 36.0 Å². The minimum absolute atomic E-state index is 0.0291. The predicted octanol–water partition coefficient (Wildman–Crippen LogP) is -2.32. The third kappa shape index (κ3) is 6.23. The number of aliphatic carboxylic acids is 1. The van der Waals surface area contributed by atoms with Gasteiger partial charge in [0.2, 0.25) is 11.5 Å². The van der Waals surface area contributed by atoms with Gasteiger partial charge in [-0.2, -0.15) is 9.36 Å². The highest BCUT2D eigenvalue weighted by atomic mass is 32.2. The minimum atomic E-state index is -1.55. The first kappa shape index (κ1) is 28.0. The second-order valence-corrected chi connectivity index (χ2v) is 10.2. The molecule has 0 bridgehead atoms. The third-order valence-corrected chi connectivity index (χ3v) is 7.56. The highest BCUT2D eigenvalue weighted by Crippen LogP contribution is 2.40. The molecule has 0 aromatic carbocycles. The number of hydrogen-bond donors (Lipinski definition) is 3. The Labute approximate surface area is 218 Å². The molecular formula is C20H25FN8O6S2. The number of primary amides is 1. The number of carbonyl (C=O) groups excluding carboxylic acids is 4. The number of β-lactam (4-membered cyclic amide) rings is 1. The number of anilines is 1. The normalized spacial score (nSPS) is 21.3. The molecule has 3 rings (SSSR count). The fourth-order valence-electron chi connectivity index (χ4n) is 3.70. The van der Waals surface area contributed by atoms with Gasteiger partial charge in [0.25, 0.3) is 24.6 Å². The molecule has 0 saturated carbocycles. The van der Waals surface area contributed by atoms with Crippen molar-refractivity contribution < 1.29 is 38.0 Å². The first-order valence-electron chi connectivity index (χ1n) is 10.8. The van der Waals surface area contributed by atoms with Crippen LogP contribution in [0.5, 0.6) is 0 Å². The summed E-state index contributed by atoms with van der Waals surface area (Å²) in [6.45, 7) is 1.71. The molecule has 1 aromatic heterocycles. The SMILES string of the molecule is CC[N+](C)(C/C=C/C1=C(C(=O)[O-])N2C(=O)C(NC(=O)/C(=N\OCF)c3ns[14c](N)n3)C2SC1)CC(N)=O. The van der Waals surface area contributed by atoms with Gasteiger partial charge in [-0.1, -0.05) is 11.2 Å². The summed E-state index contributed by atoms with van der Waals surface area (Å²) in [5.41, 5.74) is 10.4. The number of likely N-dealkylation sites (N-methyl/N-ethyl adjacent to an activating group) is 1. The number of nitrogens with two attached hydrogens (primary N) is 2. The van der Waals surface area contributed by atoms with E-state index in [1.807, 2.05) is 14.0 Å². The number of carboxylic acids is 1. The number of rotatable bonds is 12. The summed E-state index contributed by atoms with van der Waals surface area (Å²) < 4.78 is 16.6. The Morgan fingerprint density at radius 2 is 2.19 bits per heavy atom. The van der Waals surface area contributed by atoms with Gasteiger partial charge in [-0.15, -0.1) is 11.8 Å². The van der Waals surface area contributed by atoms with Crippen molar-refractivity contribution in [2.45, 2.75) is 18.3 Å². The number of fused-ring (bicyclic) bond motifs is 1. The molecule has 3 atom stereocenters. The lowest BCUT2D eigenvalue weighted by Crippen LogP contribution is -2.71. The highest BCUT2D eigenvalue weighted by Gasteiger charge is 2.53. The molecular weight excluding hydrogens is 533 g/mol. The van der Waals surface area contributed by atoms with Crippen molar-refractivity contribution in [1.29, 1.82) is 0 Å². The second kappa shape index (κ2) is 11.7. The Kier molecular flexibility index (Phi) is 8.82. The zero-order chi connectivity index (χ0) is 27.3. The van der Waals surface area contributed by atoms with E-state index in [9.17, 15) is 28.7 Å². The average Bonchev–Trinajstić information content (AvgIpc) is 3.27. The lowest BCUT2D eigenvalue weighted by atomic mass is 10.0. The number of halogens is 1. The lowest BCUT2D eigenvalue weighted by molar-refractivity contribution is -0.894. The fraction of sp³-hybridized carbons (Fsp3) is 0.450. The number of hydrogen-bond acceptors (Lipinski definition) is 12. The van der Waals surface area contributed by atoms with Gasteiger partial charge in [-0.05, 0) is 18.6 Å². The smallest absolute Gasteiger partial charge is 0.278 e. The van der Waals surface area contributed by atoms with Crippen molar-refractivity contribution in [2.75, 3.05) is 45.0 Å². The number of carbonyl (C=O) groups is 4. The molecule has 3 amide bonds. The molecule has 1 fully saturated rings. The molecule has 37 heavy (non-hydrogen) atoms. The summed E-state index contributed by atoms with van der Waals surface area (Å²) in [6.07, 6.45) is 3.30. The van der Waals surface area contributed by atoms with E-state index >= 15 is 0 Å². The fourth-order valence-corrected chi connectivity index (χ4v) is 5.46. The lowest BCUT2D eigenvalue weighted by Gasteiger charge is -2.50. The van der Waals surface area contributed by atoms with Crippen molar-refractivity contribution in [2.24, 2.45) is 10.9 Å². The molecule has 3 unspecified atom stereocenters. The van der Waals surface area contributed by atoms with Gasteiger partial charge in [-0.25, -0.2) is 4.39 Å². The van der Waals surface area contributed by atoms with Gasteiger partial charge in [0.15, 0.2) is 11.7 Å². The first-order chi connectivity index (χ1) is 17.5. The van der Waals surface area contributed by atoms with Crippen LogP contribution in [0.1, 0.15) is 12.7 Å². The maximum absolute atomic E-state index is 12.9. The topological polar surface area (TPSA) is 206 Å². The Hall–Kier alpha value is -3.57. The number of carboxylic acid groups (broad SMARTS) is 1. The summed E-state index contributed by atoms with van der Waals surface area (Å²) in [6, 6.07) is -1.10. The van der Waals surface area contributed by atoms with Crippen molar-refractivity contribution in [3.63, 3.8) is 0 Å². The molecule has 200 valence electrons. The van der Waals surface area contributed by atoms with Crippen LogP contribution in [0, 0.1) is 0 Å². The van der Waals surface area contributed by atoms with E-state index < -0.39 is 47.7 Å². The highest BCUT2D eigenvalue weighted by molar-refractivity contribution is 8.00. The van der Waals surface area contributed by atoms with Crippen LogP contribution in [0.2, 0.25) is 0 Å². The number of oxime groups is 1. The molecule has 0 spiro atoms. The molecule has 0 aliphatic carbocycles. The molecule has 5 N–H and O–H groups in total. The van der Waals surface area contributed by atoms with Crippen molar-refractivity contribution in [3.05, 3.63) is 29.2 Å². The number of nitrogens with one attached hydrogen (secondary N) is 1. The Morgan fingerprint density at radius 1 is 1.46 bits per heavy atom. The van der Waals surface area contributed by atoms with E-state index in [4.69, 9.17) is 11.5 Å². The Bertz CT molecular complexity index is 1190. The average molecular weight is 559 g/mol. The molecule has 14 nitrogen and oxygen atoms in total. The van der Waals surface area contributed by atoms with Crippen LogP contribution in [0.25, 0.3) is 0 Å². The zero-order valence-electron chi connectivity index (χ0n) is 19.9. The number of nitrogen functional groups attached to an aromatic ring is 1. The van der Waals surface area contributed by atoms with E-state index in [1.54, 1.807) is 12.2 Å². The van der Waals surface area contributed by atoms with Crippen LogP contribution < -0.4 is 21.9 Å². The van der Waals surface area contributed by atoms with Gasteiger partial charge >= 0.3 is 0 Å². The minimum Gasteiger partial charge on any atom is -0.543 e. The second-order valence-electron chi connectivity index (χ2n) is 8.30. The van der Waals surface area contributed by atoms with Gasteiger partial charge in [0.1, 0.15) is 11.4 Å². The van der Waals surface area contributed by atoms with Crippen LogP contribution in [0.4, 0.5) is 9.52 Å². The van der Waals surface area contributed by atoms with E-state index in [0.29, 0.717) is 23.1 Å². The maximum atomic E-state index is 12.9. The molecule has 0 radical (unpaired) electrons. The standard InChI is InChI=1S/C20H25FN8O6S2/c1-3-29(2,7-11(22)30)6-4-5-10-8-36-18-13(17(32)28(18)14(10)19(33)34)24-16(31)12(26-35-9-21)15-25-20(23)37-27-15/h4-5,13,18H,3,6-9H2,1-2H3,(H5-,22,23,24,25,27,30,31,33,34)/b5-4+,26-12-/i20+2. The summed E-state index contributed by atoms with van der Waals surface area (Å²) in [7, 11) is 1.84. The number of nitrogens with zero attached hydrogens (tertiary/aromatic N) is 5. The van der Waals surface area contributed by atoms with Crippen LogP contribution in [0.15, 0.2) is 28.6 Å². The predicted molar refractivity (Wildman–Crippen MR) is 130 cm³/mol. The molecule has 2 aliphatic rings. The molecule has 17 heteroatoms. The number of alkyl halides is 1. The van der Waals surface area contributed by atoms with Crippen LogP contribution in [-0.4, -0.2) is 98.9 Å². The Balaban J connectivity index is 1.76. The quantitative estimate of drug-likeness (QED) is 0.108. The van der Waals surface area contributed by atoms with Crippen LogP contribution in [-0.2, 0) is 24.0 Å². The van der Waals surface area contributed by atoms with Gasteiger partial charge in [0, 0.05) is 17.3 Å². The summed E-state index contributed by atoms with van der Waals surface area (Å²) in [4.78, 5) is 58.1. The summed E-state index contributed by atoms with van der Waals surface area (Å²) >= 11 is 2.01. The first-order valence-corrected chi connectivity index (χ1v) is 12.7. The van der Waals surface area contributed by atoms with Gasteiger partial charge in [-0.3, -0.25) is 19.3 Å². The van der Waals surface area contributed by atoms with Crippen molar-refractivity contribution in [1.82, 2.24) is 19.6 Å². The van der Waals surface area contributed by atoms with Crippen molar-refractivity contribution in [3.8, 4) is 0 Å². The molecule has 1 aromatic rings. The number of amides is 3. The third-order valence-electron chi connectivity index (χ3n) is 5.72. The van der Waals surface area contributed by atoms with E-state index in [1.165, 1.54) is 11.8 Å². The van der Waals surface area contributed by atoms with E-state index in [2.05, 4.69) is 24.7 Å². The number of thioether (sulfide) groups is 1. The van der Waals surface area contributed by atoms with E-state index in [0.717, 1.165) is 16.4 Å². The number of allylic oxidation sites excluding steroid dienone is 1. The summed E-state index contributed by atoms with van der Waals surface area (Å²) in [5.74, 6) is -3.63. The van der Waals surface area contributed by atoms with E-state index in [-0.39, 0.29) is 29.0 Å². The largest absolute Gasteiger partial charge is 0.543 e. The number of quaternary nitrogens is 1. The zero-order valence-corrected chi connectivity index (χ0v) is 21.5. The number of aromatic nitrogens is 2. The Morgan fingerprint density at radius 3 is 2.76 bits per heavy atom. The van der Waals surface area contributed by atoms with Gasteiger partial charge in [0.05, 0.1) is 31.8 Å². The maximum Gasteiger partial charge on any atom is 0.278 e. The molecule has 2 aliphatic heterocycles. The van der Waals surface area contributed by atoms with Crippen LogP contribution in [0.3, 0.4) is 0 Å².